The third-order valence-corrected chi connectivity index (χ3v) is 9.02. The molecule has 0 spiro atoms. The molecule has 1 saturated heterocycles. The van der Waals surface area contributed by atoms with E-state index in [0.29, 0.717) is 54.4 Å². The first-order chi connectivity index (χ1) is 18.2. The average molecular weight is 550 g/mol. The highest BCUT2D eigenvalue weighted by atomic mass is 35.5. The van der Waals surface area contributed by atoms with Crippen LogP contribution >= 0.6 is 11.6 Å². The second-order valence-electron chi connectivity index (χ2n) is 9.59. The van der Waals surface area contributed by atoms with Crippen LogP contribution in [0, 0.1) is 6.92 Å². The molecule has 1 N–H and O–H groups in total. The van der Waals surface area contributed by atoms with Crippen molar-refractivity contribution < 1.29 is 18.3 Å². The van der Waals surface area contributed by atoms with Gasteiger partial charge in [-0.2, -0.15) is 0 Å². The molecule has 1 aromatic heterocycles. The zero-order valence-electron chi connectivity index (χ0n) is 21.0. The highest BCUT2D eigenvalue weighted by Gasteiger charge is 2.24. The van der Waals surface area contributed by atoms with Crippen molar-refractivity contribution in [1.29, 1.82) is 0 Å². The molecule has 1 aliphatic rings. The molecule has 5 rings (SSSR count). The summed E-state index contributed by atoms with van der Waals surface area (Å²) in [5, 5.41) is 11.6. The molecular weight excluding hydrogens is 522 g/mol. The highest BCUT2D eigenvalue weighted by Crippen LogP contribution is 2.27. The third-order valence-electron chi connectivity index (χ3n) is 6.90. The van der Waals surface area contributed by atoms with Crippen LogP contribution in [0.4, 0.5) is 0 Å². The van der Waals surface area contributed by atoms with Crippen molar-refractivity contribution in [2.45, 2.75) is 24.1 Å². The summed E-state index contributed by atoms with van der Waals surface area (Å²) in [5.74, 6) is -0.0334. The number of rotatable bonds is 6. The van der Waals surface area contributed by atoms with E-state index in [1.165, 1.54) is 0 Å². The molecule has 0 radical (unpaired) electrons. The van der Waals surface area contributed by atoms with E-state index in [0.717, 1.165) is 16.5 Å². The van der Waals surface area contributed by atoms with Gasteiger partial charge in [-0.15, -0.1) is 0 Å². The highest BCUT2D eigenvalue weighted by molar-refractivity contribution is 7.90. The summed E-state index contributed by atoms with van der Waals surface area (Å²) in [6.07, 6.45) is 1.59. The molecule has 7 nitrogen and oxygen atoms in total. The van der Waals surface area contributed by atoms with Crippen molar-refractivity contribution in [3.8, 4) is 5.75 Å². The van der Waals surface area contributed by atoms with Crippen LogP contribution in [0.3, 0.4) is 0 Å². The van der Waals surface area contributed by atoms with E-state index in [4.69, 9.17) is 11.6 Å². The number of halogens is 1. The Kier molecular flexibility index (Phi) is 7.38. The maximum Gasteiger partial charge on any atom is 0.253 e. The average Bonchev–Trinajstić information content (AvgIpc) is 2.91. The fourth-order valence-electron chi connectivity index (χ4n) is 4.73. The molecular formula is C29H28ClN3O4S. The number of sulfone groups is 1. The first kappa shape index (κ1) is 26.2. The van der Waals surface area contributed by atoms with Crippen molar-refractivity contribution in [2.24, 2.45) is 0 Å². The molecule has 2 heterocycles. The molecule has 0 aliphatic carbocycles. The lowest BCUT2D eigenvalue weighted by Gasteiger charge is -2.35. The fourth-order valence-corrected chi connectivity index (χ4v) is 6.46. The van der Waals surface area contributed by atoms with Gasteiger partial charge in [0.25, 0.3) is 5.91 Å². The van der Waals surface area contributed by atoms with Gasteiger partial charge in [-0.1, -0.05) is 41.9 Å². The molecule has 0 saturated carbocycles. The predicted octanol–water partition coefficient (Wildman–Crippen LogP) is 4.83. The number of phenols is 1. The minimum Gasteiger partial charge on any atom is -0.508 e. The van der Waals surface area contributed by atoms with E-state index in [1.54, 1.807) is 65.7 Å². The number of pyridine rings is 1. The summed E-state index contributed by atoms with van der Waals surface area (Å²) in [6.45, 7) is 4.87. The zero-order valence-corrected chi connectivity index (χ0v) is 22.5. The van der Waals surface area contributed by atoms with Crippen molar-refractivity contribution in [1.82, 2.24) is 14.8 Å². The molecule has 196 valence electrons. The van der Waals surface area contributed by atoms with Crippen LogP contribution < -0.4 is 0 Å². The Bertz CT molecular complexity index is 1590. The molecule has 9 heteroatoms. The molecule has 1 amide bonds. The fraction of sp³-hybridized carbons (Fsp3) is 0.241. The number of piperazine rings is 1. The zero-order chi connectivity index (χ0) is 26.9. The molecule has 1 fully saturated rings. The predicted molar refractivity (Wildman–Crippen MR) is 148 cm³/mol. The van der Waals surface area contributed by atoms with Crippen molar-refractivity contribution in [2.75, 3.05) is 26.2 Å². The van der Waals surface area contributed by atoms with Crippen LogP contribution in [-0.4, -0.2) is 60.4 Å². The molecule has 0 unspecified atom stereocenters. The van der Waals surface area contributed by atoms with Gasteiger partial charge in [-0.05, 0) is 54.4 Å². The van der Waals surface area contributed by atoms with E-state index in [-0.39, 0.29) is 22.3 Å². The van der Waals surface area contributed by atoms with E-state index in [1.807, 2.05) is 19.1 Å². The number of aromatic nitrogens is 1. The smallest absolute Gasteiger partial charge is 0.253 e. The lowest BCUT2D eigenvalue weighted by atomic mass is 10.1. The second kappa shape index (κ2) is 10.7. The minimum atomic E-state index is -3.62. The van der Waals surface area contributed by atoms with Crippen LogP contribution in [0.25, 0.3) is 10.9 Å². The first-order valence-electron chi connectivity index (χ1n) is 12.4. The normalized spacial score (nSPS) is 14.6. The van der Waals surface area contributed by atoms with Gasteiger partial charge < -0.3 is 10.0 Å². The number of fused-ring (bicyclic) bond motifs is 1. The summed E-state index contributed by atoms with van der Waals surface area (Å²) < 4.78 is 26.3. The van der Waals surface area contributed by atoms with E-state index < -0.39 is 9.84 Å². The van der Waals surface area contributed by atoms with Gasteiger partial charge in [0.05, 0.1) is 16.2 Å². The largest absolute Gasteiger partial charge is 0.508 e. The minimum absolute atomic E-state index is 0.0847. The lowest BCUT2D eigenvalue weighted by Crippen LogP contribution is -2.48. The van der Waals surface area contributed by atoms with Gasteiger partial charge >= 0.3 is 0 Å². The summed E-state index contributed by atoms with van der Waals surface area (Å²) in [6, 6.07) is 19.0. The summed E-state index contributed by atoms with van der Waals surface area (Å²) in [5.41, 5.74) is 3.19. The number of para-hydroxylation sites is 1. The van der Waals surface area contributed by atoms with Crippen molar-refractivity contribution in [3.63, 3.8) is 0 Å². The Hall–Kier alpha value is -3.46. The maximum absolute atomic E-state index is 13.2. The Morgan fingerprint density at radius 3 is 2.45 bits per heavy atom. The molecule has 1 aliphatic heterocycles. The number of carbonyl (C=O) groups is 1. The number of aryl methyl sites for hydroxylation is 1. The summed E-state index contributed by atoms with van der Waals surface area (Å²) in [7, 11) is -3.62. The molecule has 38 heavy (non-hydrogen) atoms. The topological polar surface area (TPSA) is 90.8 Å². The Balaban J connectivity index is 1.21. The van der Waals surface area contributed by atoms with Gasteiger partial charge in [0.2, 0.25) is 0 Å². The number of amides is 1. The first-order valence-corrected chi connectivity index (χ1v) is 14.4. The van der Waals surface area contributed by atoms with Gasteiger partial charge in [0.15, 0.2) is 9.84 Å². The molecule has 0 bridgehead atoms. The number of nitrogens with zero attached hydrogens (tertiary/aromatic N) is 3. The SMILES string of the molecule is Cc1cc(O)c(CN2CCN(C(=O)c3ccc(CS(=O)(=O)c4cccc5cccnc45)cc3)CC2)cc1Cl. The van der Waals surface area contributed by atoms with Gasteiger partial charge in [-0.25, -0.2) is 8.42 Å². The Labute approximate surface area is 227 Å². The summed E-state index contributed by atoms with van der Waals surface area (Å²) >= 11 is 6.22. The number of carbonyl (C=O) groups excluding carboxylic acids is 1. The molecule has 3 aromatic carbocycles. The van der Waals surface area contributed by atoms with E-state index >= 15 is 0 Å². The van der Waals surface area contributed by atoms with Gasteiger partial charge in [0, 0.05) is 60.5 Å². The molecule has 4 aromatic rings. The Morgan fingerprint density at radius 2 is 1.71 bits per heavy atom. The second-order valence-corrected chi connectivity index (χ2v) is 12.0. The van der Waals surface area contributed by atoms with E-state index in [2.05, 4.69) is 9.88 Å². The standard InChI is InChI=1S/C29H28ClN3O4S/c1-20-16-26(34)24(17-25(20)30)18-32-12-14-33(15-13-32)29(35)23-9-7-21(8-10-23)19-38(36,37)27-6-2-4-22-5-3-11-31-28(22)27/h2-11,16-17,34H,12-15,18-19H2,1H3. The van der Waals surface area contributed by atoms with Crippen LogP contribution in [0.2, 0.25) is 5.02 Å². The van der Waals surface area contributed by atoms with Gasteiger partial charge in [0.1, 0.15) is 5.75 Å². The van der Waals surface area contributed by atoms with Crippen LogP contribution in [-0.2, 0) is 22.1 Å². The van der Waals surface area contributed by atoms with Crippen molar-refractivity contribution >= 4 is 38.2 Å². The maximum atomic E-state index is 13.2. The van der Waals surface area contributed by atoms with E-state index in [9.17, 15) is 18.3 Å². The number of hydrogen-bond acceptors (Lipinski definition) is 6. The van der Waals surface area contributed by atoms with Crippen LogP contribution in [0.1, 0.15) is 27.0 Å². The number of aromatic hydroxyl groups is 1. The van der Waals surface area contributed by atoms with Crippen LogP contribution in [0.15, 0.2) is 77.8 Å². The quantitative estimate of drug-likeness (QED) is 0.370. The number of phenolic OH excluding ortho intramolecular Hbond substituents is 1. The third kappa shape index (κ3) is 5.53. The number of benzene rings is 3. The van der Waals surface area contributed by atoms with Crippen LogP contribution in [0.5, 0.6) is 5.75 Å². The summed E-state index contributed by atoms with van der Waals surface area (Å²) in [4.78, 5) is 21.5. The Morgan fingerprint density at radius 1 is 1.00 bits per heavy atom. The van der Waals surface area contributed by atoms with Crippen molar-refractivity contribution in [3.05, 3.63) is 100 Å². The lowest BCUT2D eigenvalue weighted by molar-refractivity contribution is 0.0627. The molecule has 0 atom stereocenters. The monoisotopic (exact) mass is 549 g/mol. The number of hydrogen-bond donors (Lipinski definition) is 1. The van der Waals surface area contributed by atoms with Gasteiger partial charge in [-0.3, -0.25) is 14.7 Å².